The van der Waals surface area contributed by atoms with E-state index >= 15 is 0 Å². The molecule has 2 N–H and O–H groups in total. The number of benzene rings is 2. The fourth-order valence-corrected chi connectivity index (χ4v) is 3.77. The summed E-state index contributed by atoms with van der Waals surface area (Å²) in [5.74, 6) is -0.877. The van der Waals surface area contributed by atoms with Crippen LogP contribution in [-0.2, 0) is 9.53 Å². The molecule has 0 bridgehead atoms. The van der Waals surface area contributed by atoms with Crippen molar-refractivity contribution in [3.8, 4) is 0 Å². The first kappa shape index (κ1) is 24.0. The Morgan fingerprint density at radius 3 is 2.43 bits per heavy atom. The van der Waals surface area contributed by atoms with Crippen LogP contribution in [0.25, 0.3) is 0 Å². The highest BCUT2D eigenvalue weighted by atomic mass is 16.5. The van der Waals surface area contributed by atoms with Crippen LogP contribution in [0.1, 0.15) is 26.5 Å². The maximum atomic E-state index is 12.9. The summed E-state index contributed by atoms with van der Waals surface area (Å²) >= 11 is 0. The number of furan rings is 1. The molecule has 9 nitrogen and oxygen atoms in total. The lowest BCUT2D eigenvalue weighted by molar-refractivity contribution is -0.116. The fraction of sp³-hybridized carbons (Fsp3) is 0.269. The molecule has 3 amide bonds. The van der Waals surface area contributed by atoms with E-state index in [-0.39, 0.29) is 24.1 Å². The average molecular weight is 477 g/mol. The molecule has 35 heavy (non-hydrogen) atoms. The molecule has 1 aromatic heterocycles. The van der Waals surface area contributed by atoms with Crippen molar-refractivity contribution in [2.24, 2.45) is 0 Å². The number of carbonyl (C=O) groups excluding carboxylic acids is 3. The molecule has 0 spiro atoms. The van der Waals surface area contributed by atoms with E-state index in [1.165, 1.54) is 11.2 Å². The van der Waals surface area contributed by atoms with E-state index in [1.54, 1.807) is 37.4 Å². The van der Waals surface area contributed by atoms with Gasteiger partial charge < -0.3 is 29.6 Å². The van der Waals surface area contributed by atoms with Gasteiger partial charge in [-0.05, 0) is 61.0 Å². The third-order valence-electron chi connectivity index (χ3n) is 5.73. The Bertz CT molecular complexity index is 1180. The molecule has 3 aromatic rings. The second kappa shape index (κ2) is 10.9. The van der Waals surface area contributed by atoms with Crippen molar-refractivity contribution < 1.29 is 23.5 Å². The van der Waals surface area contributed by atoms with Gasteiger partial charge in [-0.2, -0.15) is 0 Å². The molecule has 1 fully saturated rings. The van der Waals surface area contributed by atoms with Crippen LogP contribution in [0.5, 0.6) is 0 Å². The molecule has 0 radical (unpaired) electrons. The number of morpholine rings is 1. The topological polar surface area (TPSA) is 104 Å². The van der Waals surface area contributed by atoms with Gasteiger partial charge in [0.15, 0.2) is 5.76 Å². The van der Waals surface area contributed by atoms with Gasteiger partial charge in [0.05, 0.1) is 26.0 Å². The van der Waals surface area contributed by atoms with Gasteiger partial charge in [-0.1, -0.05) is 6.07 Å². The molecule has 1 saturated heterocycles. The van der Waals surface area contributed by atoms with E-state index in [4.69, 9.17) is 9.15 Å². The third-order valence-corrected chi connectivity index (χ3v) is 5.73. The fourth-order valence-electron chi connectivity index (χ4n) is 3.77. The first-order chi connectivity index (χ1) is 16.9. The van der Waals surface area contributed by atoms with Gasteiger partial charge in [-0.3, -0.25) is 14.4 Å². The molecule has 0 unspecified atom stereocenters. The van der Waals surface area contributed by atoms with Gasteiger partial charge >= 0.3 is 0 Å². The van der Waals surface area contributed by atoms with Gasteiger partial charge in [-0.25, -0.2) is 0 Å². The number of nitrogens with zero attached hydrogens (tertiary/aromatic N) is 2. The number of hydrogen-bond acceptors (Lipinski definition) is 6. The molecule has 1 aliphatic rings. The van der Waals surface area contributed by atoms with E-state index in [9.17, 15) is 14.4 Å². The predicted octanol–water partition coefficient (Wildman–Crippen LogP) is 3.39. The number of anilines is 3. The second-order valence-corrected chi connectivity index (χ2v) is 8.32. The summed E-state index contributed by atoms with van der Waals surface area (Å²) in [5.41, 5.74) is 3.38. The van der Waals surface area contributed by atoms with Crippen LogP contribution in [0.3, 0.4) is 0 Å². The van der Waals surface area contributed by atoms with Crippen LogP contribution in [0.2, 0.25) is 0 Å². The molecular weight excluding hydrogens is 448 g/mol. The van der Waals surface area contributed by atoms with Gasteiger partial charge in [0.1, 0.15) is 0 Å². The lowest BCUT2D eigenvalue weighted by atomic mass is 10.1. The van der Waals surface area contributed by atoms with Crippen molar-refractivity contribution in [2.45, 2.75) is 6.92 Å². The highest BCUT2D eigenvalue weighted by Crippen LogP contribution is 2.21. The minimum Gasteiger partial charge on any atom is -0.459 e. The molecule has 182 valence electrons. The van der Waals surface area contributed by atoms with Crippen molar-refractivity contribution in [1.82, 2.24) is 4.90 Å². The Kier molecular flexibility index (Phi) is 7.47. The van der Waals surface area contributed by atoms with Gasteiger partial charge in [0.25, 0.3) is 11.8 Å². The molecule has 0 saturated carbocycles. The summed E-state index contributed by atoms with van der Waals surface area (Å²) in [5, 5.41) is 5.58. The summed E-state index contributed by atoms with van der Waals surface area (Å²) in [6, 6.07) is 15.8. The molecule has 2 heterocycles. The predicted molar refractivity (Wildman–Crippen MR) is 133 cm³/mol. The average Bonchev–Trinajstić information content (AvgIpc) is 3.41. The summed E-state index contributed by atoms with van der Waals surface area (Å²) in [7, 11) is 1.56. The van der Waals surface area contributed by atoms with Crippen LogP contribution in [0.4, 0.5) is 17.1 Å². The van der Waals surface area contributed by atoms with Gasteiger partial charge in [-0.15, -0.1) is 0 Å². The zero-order chi connectivity index (χ0) is 24.8. The van der Waals surface area contributed by atoms with Crippen molar-refractivity contribution >= 4 is 34.8 Å². The third kappa shape index (κ3) is 6.07. The van der Waals surface area contributed by atoms with E-state index in [1.807, 2.05) is 31.2 Å². The number of amides is 3. The molecule has 1 aliphatic heterocycles. The van der Waals surface area contributed by atoms with Crippen molar-refractivity contribution in [3.63, 3.8) is 0 Å². The molecule has 9 heteroatoms. The highest BCUT2D eigenvalue weighted by Gasteiger charge is 2.18. The largest absolute Gasteiger partial charge is 0.459 e. The monoisotopic (exact) mass is 476 g/mol. The number of nitrogens with one attached hydrogen (secondary N) is 2. The molecule has 0 aliphatic carbocycles. The lowest BCUT2D eigenvalue weighted by Crippen LogP contribution is -2.36. The first-order valence-electron chi connectivity index (χ1n) is 11.3. The number of carbonyl (C=O) groups is 3. The smallest absolute Gasteiger partial charge is 0.291 e. The summed E-state index contributed by atoms with van der Waals surface area (Å²) < 4.78 is 10.5. The highest BCUT2D eigenvalue weighted by molar-refractivity contribution is 6.04. The van der Waals surface area contributed by atoms with Crippen LogP contribution in [-0.4, -0.2) is 62.5 Å². The van der Waals surface area contributed by atoms with Crippen molar-refractivity contribution in [3.05, 3.63) is 77.7 Å². The Labute approximate surface area is 203 Å². The van der Waals surface area contributed by atoms with Crippen LogP contribution >= 0.6 is 0 Å². The van der Waals surface area contributed by atoms with E-state index in [2.05, 4.69) is 15.5 Å². The second-order valence-electron chi connectivity index (χ2n) is 8.32. The maximum Gasteiger partial charge on any atom is 0.291 e. The standard InChI is InChI=1S/C26H28N4O5/c1-18-5-6-19(16-22(18)28-25(32)23-4-3-13-35-23)26(33)29(2)17-24(31)27-20-7-9-21(10-8-20)30-11-14-34-15-12-30/h3-10,13,16H,11-12,14-15,17H2,1-2H3,(H,27,31)(H,28,32). The van der Waals surface area contributed by atoms with Crippen LogP contribution in [0.15, 0.2) is 65.3 Å². The Balaban J connectivity index is 1.34. The summed E-state index contributed by atoms with van der Waals surface area (Å²) in [6.07, 6.45) is 1.42. The van der Waals surface area contributed by atoms with Crippen LogP contribution in [0, 0.1) is 6.92 Å². The summed E-state index contributed by atoms with van der Waals surface area (Å²) in [6.45, 7) is 4.80. The number of aryl methyl sites for hydroxylation is 1. The van der Waals surface area contributed by atoms with Gasteiger partial charge in [0.2, 0.25) is 5.91 Å². The molecule has 0 atom stereocenters. The number of ether oxygens (including phenoxy) is 1. The molecule has 4 rings (SSSR count). The minimum absolute atomic E-state index is 0.119. The zero-order valence-electron chi connectivity index (χ0n) is 19.7. The van der Waals surface area contributed by atoms with Gasteiger partial charge in [0, 0.05) is 42.8 Å². The molecular formula is C26H28N4O5. The number of likely N-dealkylation sites (N-methyl/N-ethyl adjacent to an activating group) is 1. The maximum absolute atomic E-state index is 12.9. The molecule has 2 aromatic carbocycles. The van der Waals surface area contributed by atoms with E-state index in [0.29, 0.717) is 30.2 Å². The van der Waals surface area contributed by atoms with E-state index < -0.39 is 5.91 Å². The first-order valence-corrected chi connectivity index (χ1v) is 11.3. The van der Waals surface area contributed by atoms with Crippen molar-refractivity contribution in [2.75, 3.05) is 55.4 Å². The normalized spacial score (nSPS) is 13.3. The SMILES string of the molecule is Cc1ccc(C(=O)N(C)CC(=O)Nc2ccc(N3CCOCC3)cc2)cc1NC(=O)c1ccco1. The van der Waals surface area contributed by atoms with E-state index in [0.717, 1.165) is 24.3 Å². The minimum atomic E-state index is -0.407. The Morgan fingerprint density at radius 2 is 1.74 bits per heavy atom. The number of hydrogen-bond donors (Lipinski definition) is 2. The zero-order valence-corrected chi connectivity index (χ0v) is 19.7. The lowest BCUT2D eigenvalue weighted by Gasteiger charge is -2.28. The Morgan fingerprint density at radius 1 is 1.00 bits per heavy atom. The quantitative estimate of drug-likeness (QED) is 0.542. The van der Waals surface area contributed by atoms with Crippen LogP contribution < -0.4 is 15.5 Å². The van der Waals surface area contributed by atoms with Crippen molar-refractivity contribution in [1.29, 1.82) is 0 Å². The Hall–Kier alpha value is -4.11. The summed E-state index contributed by atoms with van der Waals surface area (Å²) in [4.78, 5) is 41.3. The number of rotatable bonds is 7.